The first-order valence-corrected chi connectivity index (χ1v) is 7.61. The van der Waals surface area contributed by atoms with Crippen molar-refractivity contribution in [2.75, 3.05) is 0 Å². The standard InChI is InChI=1S/C15H21BrFN/c1-2-10-4-3-5-11(6-10)15(18)12-7-13(16)9-14(17)8-12/h7-11,15H,2-6,18H2,1H3. The lowest BCUT2D eigenvalue weighted by molar-refractivity contribution is 0.230. The maximum absolute atomic E-state index is 13.4. The van der Waals surface area contributed by atoms with Crippen molar-refractivity contribution in [1.82, 2.24) is 0 Å². The molecule has 1 aliphatic carbocycles. The largest absolute Gasteiger partial charge is 0.324 e. The average Bonchev–Trinajstić information content (AvgIpc) is 2.37. The minimum absolute atomic E-state index is 0.0358. The summed E-state index contributed by atoms with van der Waals surface area (Å²) in [6.07, 6.45) is 6.17. The van der Waals surface area contributed by atoms with E-state index >= 15 is 0 Å². The monoisotopic (exact) mass is 313 g/mol. The normalized spacial score (nSPS) is 26.0. The lowest BCUT2D eigenvalue weighted by atomic mass is 9.75. The Balaban J connectivity index is 2.12. The van der Waals surface area contributed by atoms with E-state index in [0.29, 0.717) is 5.92 Å². The van der Waals surface area contributed by atoms with Crippen LogP contribution in [-0.2, 0) is 0 Å². The lowest BCUT2D eigenvalue weighted by Crippen LogP contribution is -2.27. The van der Waals surface area contributed by atoms with Gasteiger partial charge in [-0.05, 0) is 48.4 Å². The lowest BCUT2D eigenvalue weighted by Gasteiger charge is -2.32. The maximum Gasteiger partial charge on any atom is 0.124 e. The molecular weight excluding hydrogens is 293 g/mol. The number of benzene rings is 1. The first kappa shape index (κ1) is 14.0. The van der Waals surface area contributed by atoms with E-state index in [4.69, 9.17) is 5.73 Å². The van der Waals surface area contributed by atoms with Gasteiger partial charge in [-0.3, -0.25) is 0 Å². The van der Waals surface area contributed by atoms with Crippen LogP contribution in [0.1, 0.15) is 50.6 Å². The minimum atomic E-state index is -0.210. The molecule has 3 heteroatoms. The first-order chi connectivity index (χ1) is 8.60. The van der Waals surface area contributed by atoms with Crippen LogP contribution in [0.25, 0.3) is 0 Å². The fraction of sp³-hybridized carbons (Fsp3) is 0.600. The molecule has 1 fully saturated rings. The van der Waals surface area contributed by atoms with Crippen molar-refractivity contribution in [3.8, 4) is 0 Å². The van der Waals surface area contributed by atoms with E-state index in [1.165, 1.54) is 38.2 Å². The second kappa shape index (κ2) is 6.16. The smallest absolute Gasteiger partial charge is 0.124 e. The average molecular weight is 314 g/mol. The van der Waals surface area contributed by atoms with Crippen molar-refractivity contribution in [3.63, 3.8) is 0 Å². The molecule has 3 unspecified atom stereocenters. The third kappa shape index (κ3) is 3.33. The Hall–Kier alpha value is -0.410. The van der Waals surface area contributed by atoms with Crippen LogP contribution < -0.4 is 5.73 Å². The molecule has 0 saturated heterocycles. The van der Waals surface area contributed by atoms with Crippen LogP contribution in [0, 0.1) is 17.7 Å². The van der Waals surface area contributed by atoms with E-state index in [2.05, 4.69) is 22.9 Å². The van der Waals surface area contributed by atoms with Crippen LogP contribution in [0.2, 0.25) is 0 Å². The maximum atomic E-state index is 13.4. The Morgan fingerprint density at radius 3 is 2.83 bits per heavy atom. The molecule has 1 aromatic rings. The summed E-state index contributed by atoms with van der Waals surface area (Å²) in [4.78, 5) is 0. The van der Waals surface area contributed by atoms with Gasteiger partial charge in [0.2, 0.25) is 0 Å². The molecule has 0 spiro atoms. The molecule has 1 saturated carbocycles. The summed E-state index contributed by atoms with van der Waals surface area (Å²) in [5, 5.41) is 0. The highest BCUT2D eigenvalue weighted by atomic mass is 79.9. The van der Waals surface area contributed by atoms with Gasteiger partial charge in [0, 0.05) is 10.5 Å². The van der Waals surface area contributed by atoms with Crippen LogP contribution in [0.5, 0.6) is 0 Å². The van der Waals surface area contributed by atoms with Crippen molar-refractivity contribution in [3.05, 3.63) is 34.1 Å². The van der Waals surface area contributed by atoms with Crippen LogP contribution in [-0.4, -0.2) is 0 Å². The molecule has 18 heavy (non-hydrogen) atoms. The Labute approximate surface area is 117 Å². The third-order valence-electron chi connectivity index (χ3n) is 4.18. The summed E-state index contributed by atoms with van der Waals surface area (Å²) in [6, 6.07) is 4.96. The highest BCUT2D eigenvalue weighted by molar-refractivity contribution is 9.10. The number of hydrogen-bond donors (Lipinski definition) is 1. The second-order valence-electron chi connectivity index (χ2n) is 5.43. The second-order valence-corrected chi connectivity index (χ2v) is 6.35. The molecule has 0 heterocycles. The fourth-order valence-corrected chi connectivity index (χ4v) is 3.55. The summed E-state index contributed by atoms with van der Waals surface area (Å²) in [5.41, 5.74) is 7.26. The summed E-state index contributed by atoms with van der Waals surface area (Å²) in [5.74, 6) is 1.09. The summed E-state index contributed by atoms with van der Waals surface area (Å²) < 4.78 is 14.2. The summed E-state index contributed by atoms with van der Waals surface area (Å²) in [7, 11) is 0. The predicted molar refractivity (Wildman–Crippen MR) is 76.8 cm³/mol. The van der Waals surface area contributed by atoms with Gasteiger partial charge in [-0.2, -0.15) is 0 Å². The number of hydrogen-bond acceptors (Lipinski definition) is 1. The highest BCUT2D eigenvalue weighted by Crippen LogP contribution is 2.37. The van der Waals surface area contributed by atoms with Crippen molar-refractivity contribution in [2.45, 2.75) is 45.1 Å². The molecule has 0 bridgehead atoms. The summed E-state index contributed by atoms with van der Waals surface area (Å²) >= 11 is 3.34. The minimum Gasteiger partial charge on any atom is -0.324 e. The van der Waals surface area contributed by atoms with Gasteiger partial charge in [-0.25, -0.2) is 4.39 Å². The van der Waals surface area contributed by atoms with E-state index in [1.54, 1.807) is 6.07 Å². The van der Waals surface area contributed by atoms with Crippen LogP contribution in [0.4, 0.5) is 4.39 Å². The highest BCUT2D eigenvalue weighted by Gasteiger charge is 2.26. The molecule has 3 atom stereocenters. The fourth-order valence-electron chi connectivity index (χ4n) is 3.07. The molecule has 1 aliphatic rings. The van der Waals surface area contributed by atoms with Crippen molar-refractivity contribution in [2.24, 2.45) is 17.6 Å². The molecule has 2 N–H and O–H groups in total. The van der Waals surface area contributed by atoms with Gasteiger partial charge < -0.3 is 5.73 Å². The zero-order valence-electron chi connectivity index (χ0n) is 10.8. The predicted octanol–water partition coefficient (Wildman–Crippen LogP) is 4.80. The molecule has 1 aromatic carbocycles. The number of rotatable bonds is 3. The van der Waals surface area contributed by atoms with Crippen LogP contribution in [0.3, 0.4) is 0 Å². The van der Waals surface area contributed by atoms with E-state index in [1.807, 2.05) is 6.07 Å². The van der Waals surface area contributed by atoms with Crippen molar-refractivity contribution < 1.29 is 4.39 Å². The molecule has 0 aliphatic heterocycles. The molecule has 0 radical (unpaired) electrons. The molecule has 2 rings (SSSR count). The summed E-state index contributed by atoms with van der Waals surface area (Å²) in [6.45, 7) is 2.25. The van der Waals surface area contributed by atoms with Gasteiger partial charge >= 0.3 is 0 Å². The van der Waals surface area contributed by atoms with Gasteiger partial charge in [0.1, 0.15) is 5.82 Å². The van der Waals surface area contributed by atoms with Gasteiger partial charge in [-0.15, -0.1) is 0 Å². The van der Waals surface area contributed by atoms with Crippen molar-refractivity contribution >= 4 is 15.9 Å². The van der Waals surface area contributed by atoms with Gasteiger partial charge in [0.15, 0.2) is 0 Å². The SMILES string of the molecule is CCC1CCCC(C(N)c2cc(F)cc(Br)c2)C1. The Kier molecular flexibility index (Phi) is 4.79. The Morgan fingerprint density at radius 2 is 2.17 bits per heavy atom. The molecule has 0 amide bonds. The van der Waals surface area contributed by atoms with Gasteiger partial charge in [0.25, 0.3) is 0 Å². The molecule has 1 nitrogen and oxygen atoms in total. The first-order valence-electron chi connectivity index (χ1n) is 6.81. The van der Waals surface area contributed by atoms with E-state index in [0.717, 1.165) is 16.0 Å². The van der Waals surface area contributed by atoms with Crippen LogP contribution in [0.15, 0.2) is 22.7 Å². The van der Waals surface area contributed by atoms with E-state index in [9.17, 15) is 4.39 Å². The molecular formula is C15H21BrFN. The Morgan fingerprint density at radius 1 is 1.39 bits per heavy atom. The number of nitrogens with two attached hydrogens (primary N) is 1. The zero-order valence-corrected chi connectivity index (χ0v) is 12.4. The zero-order chi connectivity index (χ0) is 13.1. The topological polar surface area (TPSA) is 26.0 Å². The van der Waals surface area contributed by atoms with E-state index in [-0.39, 0.29) is 11.9 Å². The number of halogens is 2. The third-order valence-corrected chi connectivity index (χ3v) is 4.64. The van der Waals surface area contributed by atoms with E-state index < -0.39 is 0 Å². The molecule has 0 aromatic heterocycles. The molecule has 100 valence electrons. The van der Waals surface area contributed by atoms with Crippen LogP contribution >= 0.6 is 15.9 Å². The van der Waals surface area contributed by atoms with Gasteiger partial charge in [-0.1, -0.05) is 42.1 Å². The Bertz CT molecular complexity index is 387. The quantitative estimate of drug-likeness (QED) is 0.852. The van der Waals surface area contributed by atoms with Crippen molar-refractivity contribution in [1.29, 1.82) is 0 Å². The van der Waals surface area contributed by atoms with Gasteiger partial charge in [0.05, 0.1) is 0 Å².